The van der Waals surface area contributed by atoms with Gasteiger partial charge < -0.3 is 4.18 Å². The maximum Gasteiger partial charge on any atom is 0.118 e. The lowest BCUT2D eigenvalue weighted by atomic mass is 10.0. The standard InChI is InChI=1S/C7H8OS/c1-2-4-7-6(3-1)5-9-8-7/h1-2,4,6H,3,5H2. The van der Waals surface area contributed by atoms with Gasteiger partial charge in [0.05, 0.1) is 12.0 Å². The van der Waals surface area contributed by atoms with Crippen LogP contribution in [0.25, 0.3) is 0 Å². The van der Waals surface area contributed by atoms with Crippen molar-refractivity contribution in [2.24, 2.45) is 5.92 Å². The first-order valence-corrected chi connectivity index (χ1v) is 4.04. The highest BCUT2D eigenvalue weighted by molar-refractivity contribution is 7.95. The Morgan fingerprint density at radius 1 is 1.67 bits per heavy atom. The Morgan fingerprint density at radius 3 is 3.56 bits per heavy atom. The first kappa shape index (κ1) is 5.42. The van der Waals surface area contributed by atoms with E-state index in [1.165, 1.54) is 12.2 Å². The summed E-state index contributed by atoms with van der Waals surface area (Å²) in [4.78, 5) is 0. The summed E-state index contributed by atoms with van der Waals surface area (Å²) in [5, 5.41) is 0. The molecule has 48 valence electrons. The molecular weight excluding hydrogens is 132 g/mol. The topological polar surface area (TPSA) is 9.23 Å². The molecule has 1 fully saturated rings. The Bertz CT molecular complexity index is 172. The molecule has 0 saturated carbocycles. The molecule has 0 aromatic carbocycles. The Labute approximate surface area is 59.0 Å². The number of rotatable bonds is 0. The van der Waals surface area contributed by atoms with Crippen molar-refractivity contribution in [3.05, 3.63) is 24.0 Å². The molecule has 2 aliphatic rings. The van der Waals surface area contributed by atoms with Gasteiger partial charge in [-0.2, -0.15) is 0 Å². The zero-order chi connectivity index (χ0) is 6.10. The molecule has 1 heterocycles. The molecule has 0 aromatic heterocycles. The average molecular weight is 140 g/mol. The predicted molar refractivity (Wildman–Crippen MR) is 38.9 cm³/mol. The molecule has 0 N–H and O–H groups in total. The van der Waals surface area contributed by atoms with Crippen molar-refractivity contribution in [2.75, 3.05) is 5.75 Å². The van der Waals surface area contributed by atoms with Gasteiger partial charge in [-0.3, -0.25) is 0 Å². The van der Waals surface area contributed by atoms with Gasteiger partial charge in [0, 0.05) is 11.7 Å². The molecule has 0 amide bonds. The molecule has 9 heavy (non-hydrogen) atoms. The lowest BCUT2D eigenvalue weighted by Crippen LogP contribution is -2.01. The van der Waals surface area contributed by atoms with Gasteiger partial charge in [-0.25, -0.2) is 0 Å². The van der Waals surface area contributed by atoms with Gasteiger partial charge in [0.2, 0.25) is 0 Å². The van der Waals surface area contributed by atoms with Gasteiger partial charge in [-0.05, 0) is 12.5 Å². The molecular formula is C7H8OS. The summed E-state index contributed by atoms with van der Waals surface area (Å²) in [6, 6.07) is 0. The third kappa shape index (κ3) is 0.874. The monoisotopic (exact) mass is 140 g/mol. The molecule has 1 atom stereocenters. The van der Waals surface area contributed by atoms with Crippen LogP contribution in [0.3, 0.4) is 0 Å². The Balaban J connectivity index is 2.23. The Kier molecular flexibility index (Phi) is 1.27. The van der Waals surface area contributed by atoms with Crippen LogP contribution in [0.5, 0.6) is 0 Å². The molecule has 2 heteroatoms. The molecule has 0 aromatic rings. The zero-order valence-electron chi connectivity index (χ0n) is 5.04. The highest BCUT2D eigenvalue weighted by Crippen LogP contribution is 2.35. The normalized spacial score (nSPS) is 31.1. The van der Waals surface area contributed by atoms with Crippen LogP contribution < -0.4 is 0 Å². The van der Waals surface area contributed by atoms with Crippen LogP contribution >= 0.6 is 12.0 Å². The molecule has 1 saturated heterocycles. The van der Waals surface area contributed by atoms with E-state index in [4.69, 9.17) is 4.18 Å². The van der Waals surface area contributed by atoms with Gasteiger partial charge in [-0.15, -0.1) is 0 Å². The SMILES string of the molecule is C1=CCC2CSOC2=C1. The maximum absolute atomic E-state index is 5.28. The maximum atomic E-state index is 5.28. The first-order valence-electron chi connectivity index (χ1n) is 3.13. The largest absolute Gasteiger partial charge is 0.430 e. The van der Waals surface area contributed by atoms with Crippen molar-refractivity contribution < 1.29 is 4.18 Å². The fraction of sp³-hybridized carbons (Fsp3) is 0.429. The van der Waals surface area contributed by atoms with Crippen LogP contribution in [0, 0.1) is 5.92 Å². The van der Waals surface area contributed by atoms with E-state index in [-0.39, 0.29) is 0 Å². The molecule has 1 nitrogen and oxygen atoms in total. The summed E-state index contributed by atoms with van der Waals surface area (Å²) >= 11 is 1.57. The van der Waals surface area contributed by atoms with Crippen LogP contribution in [0.1, 0.15) is 6.42 Å². The lowest BCUT2D eigenvalue weighted by molar-refractivity contribution is 0.448. The van der Waals surface area contributed by atoms with Crippen molar-refractivity contribution in [2.45, 2.75) is 6.42 Å². The quantitative estimate of drug-likeness (QED) is 0.477. The average Bonchev–Trinajstić information content (AvgIpc) is 2.33. The molecule has 1 aliphatic heterocycles. The van der Waals surface area contributed by atoms with E-state index in [1.54, 1.807) is 12.0 Å². The number of fused-ring (bicyclic) bond motifs is 1. The van der Waals surface area contributed by atoms with E-state index in [0.29, 0.717) is 5.92 Å². The summed E-state index contributed by atoms with van der Waals surface area (Å²) in [6.45, 7) is 0. The zero-order valence-corrected chi connectivity index (χ0v) is 5.86. The van der Waals surface area contributed by atoms with Crippen LogP contribution in [0.4, 0.5) is 0 Å². The van der Waals surface area contributed by atoms with Crippen molar-refractivity contribution in [1.29, 1.82) is 0 Å². The van der Waals surface area contributed by atoms with Crippen LogP contribution in [0.2, 0.25) is 0 Å². The summed E-state index contributed by atoms with van der Waals surface area (Å²) in [5.41, 5.74) is 0. The summed E-state index contributed by atoms with van der Waals surface area (Å²) < 4.78 is 5.28. The second-order valence-electron chi connectivity index (χ2n) is 2.30. The molecule has 0 bridgehead atoms. The van der Waals surface area contributed by atoms with Gasteiger partial charge in [0.15, 0.2) is 0 Å². The van der Waals surface area contributed by atoms with E-state index in [1.807, 2.05) is 0 Å². The second kappa shape index (κ2) is 2.10. The van der Waals surface area contributed by atoms with Gasteiger partial charge in [0.1, 0.15) is 5.76 Å². The minimum atomic E-state index is 0.681. The number of hydrogen-bond acceptors (Lipinski definition) is 2. The number of hydrogen-bond donors (Lipinski definition) is 0. The smallest absolute Gasteiger partial charge is 0.118 e. The van der Waals surface area contributed by atoms with Crippen molar-refractivity contribution in [1.82, 2.24) is 0 Å². The Morgan fingerprint density at radius 2 is 2.67 bits per heavy atom. The minimum Gasteiger partial charge on any atom is -0.430 e. The van der Waals surface area contributed by atoms with E-state index in [9.17, 15) is 0 Å². The van der Waals surface area contributed by atoms with Crippen LogP contribution in [-0.4, -0.2) is 5.75 Å². The fourth-order valence-corrected chi connectivity index (χ4v) is 1.95. The van der Waals surface area contributed by atoms with Gasteiger partial charge in [0.25, 0.3) is 0 Å². The van der Waals surface area contributed by atoms with E-state index >= 15 is 0 Å². The Hall–Kier alpha value is -0.370. The van der Waals surface area contributed by atoms with Crippen LogP contribution in [0.15, 0.2) is 24.0 Å². The lowest BCUT2D eigenvalue weighted by Gasteiger charge is -2.07. The number of allylic oxidation sites excluding steroid dienone is 4. The molecule has 1 unspecified atom stereocenters. The highest BCUT2D eigenvalue weighted by Gasteiger charge is 2.23. The predicted octanol–water partition coefficient (Wildman–Crippen LogP) is 2.12. The van der Waals surface area contributed by atoms with Crippen LogP contribution in [-0.2, 0) is 4.18 Å². The van der Waals surface area contributed by atoms with E-state index in [2.05, 4.69) is 18.2 Å². The third-order valence-corrected chi connectivity index (χ3v) is 2.49. The summed E-state index contributed by atoms with van der Waals surface area (Å²) in [5.74, 6) is 2.98. The summed E-state index contributed by atoms with van der Waals surface area (Å²) in [6.07, 6.45) is 7.49. The molecule has 2 rings (SSSR count). The van der Waals surface area contributed by atoms with Crippen molar-refractivity contribution >= 4 is 12.0 Å². The molecule has 0 radical (unpaired) electrons. The third-order valence-electron chi connectivity index (χ3n) is 1.64. The fourth-order valence-electron chi connectivity index (χ4n) is 1.09. The van der Waals surface area contributed by atoms with E-state index < -0.39 is 0 Å². The van der Waals surface area contributed by atoms with E-state index in [0.717, 1.165) is 5.75 Å². The highest BCUT2D eigenvalue weighted by atomic mass is 32.2. The van der Waals surface area contributed by atoms with Crippen molar-refractivity contribution in [3.8, 4) is 0 Å². The molecule has 1 aliphatic carbocycles. The van der Waals surface area contributed by atoms with Crippen molar-refractivity contribution in [3.63, 3.8) is 0 Å². The summed E-state index contributed by atoms with van der Waals surface area (Å²) in [7, 11) is 0. The second-order valence-corrected chi connectivity index (χ2v) is 3.03. The molecule has 0 spiro atoms. The minimum absolute atomic E-state index is 0.681. The first-order chi connectivity index (χ1) is 4.47. The van der Waals surface area contributed by atoms with Gasteiger partial charge >= 0.3 is 0 Å². The van der Waals surface area contributed by atoms with Gasteiger partial charge in [-0.1, -0.05) is 12.2 Å².